The molecular formula is C20H24N2O3. The van der Waals surface area contributed by atoms with Crippen LogP contribution in [0.5, 0.6) is 5.75 Å². The Morgan fingerprint density at radius 3 is 2.36 bits per heavy atom. The molecule has 0 saturated carbocycles. The van der Waals surface area contributed by atoms with E-state index in [9.17, 15) is 9.59 Å². The molecule has 2 aromatic carbocycles. The standard InChI is InChI=1S/C20H24N2O3/c1-3-5-14-25-18-9-7-6-8-17(18)20(24)22-16-12-10-15(11-13-16)19(23)21-4-2/h6-13H,3-5,14H2,1-2H3,(H,21,23)(H,22,24). The largest absolute Gasteiger partial charge is 0.493 e. The Morgan fingerprint density at radius 1 is 0.960 bits per heavy atom. The molecule has 132 valence electrons. The van der Waals surface area contributed by atoms with Gasteiger partial charge in [0.05, 0.1) is 12.2 Å². The number of nitrogens with one attached hydrogen (secondary N) is 2. The molecule has 0 aliphatic heterocycles. The minimum absolute atomic E-state index is 0.130. The lowest BCUT2D eigenvalue weighted by Crippen LogP contribution is -2.22. The zero-order chi connectivity index (χ0) is 18.1. The Kier molecular flexibility index (Phi) is 7.01. The fourth-order valence-electron chi connectivity index (χ4n) is 2.27. The van der Waals surface area contributed by atoms with Crippen molar-refractivity contribution in [3.8, 4) is 5.75 Å². The summed E-state index contributed by atoms with van der Waals surface area (Å²) in [7, 11) is 0. The molecule has 0 unspecified atom stereocenters. The predicted octanol–water partition coefficient (Wildman–Crippen LogP) is 3.87. The van der Waals surface area contributed by atoms with Gasteiger partial charge in [-0.1, -0.05) is 25.5 Å². The van der Waals surface area contributed by atoms with Crippen molar-refractivity contribution in [2.24, 2.45) is 0 Å². The molecule has 0 aromatic heterocycles. The third kappa shape index (κ3) is 5.35. The summed E-state index contributed by atoms with van der Waals surface area (Å²) in [5, 5.41) is 5.57. The van der Waals surface area contributed by atoms with Gasteiger partial charge in [0.15, 0.2) is 0 Å². The third-order valence-electron chi connectivity index (χ3n) is 3.63. The number of para-hydroxylation sites is 1. The monoisotopic (exact) mass is 340 g/mol. The van der Waals surface area contributed by atoms with Gasteiger partial charge in [0.2, 0.25) is 0 Å². The Balaban J connectivity index is 2.05. The molecule has 2 amide bonds. The highest BCUT2D eigenvalue weighted by Crippen LogP contribution is 2.20. The van der Waals surface area contributed by atoms with Crippen LogP contribution in [0.2, 0.25) is 0 Å². The van der Waals surface area contributed by atoms with Gasteiger partial charge in [-0.05, 0) is 49.7 Å². The summed E-state index contributed by atoms with van der Waals surface area (Å²) in [5.41, 5.74) is 1.68. The number of hydrogen-bond donors (Lipinski definition) is 2. The molecule has 0 heterocycles. The Bertz CT molecular complexity index is 711. The first kappa shape index (κ1) is 18.5. The maximum absolute atomic E-state index is 12.5. The van der Waals surface area contributed by atoms with Gasteiger partial charge < -0.3 is 15.4 Å². The molecular weight excluding hydrogens is 316 g/mol. The second-order valence-corrected chi connectivity index (χ2v) is 5.59. The van der Waals surface area contributed by atoms with E-state index >= 15 is 0 Å². The Hall–Kier alpha value is -2.82. The van der Waals surface area contributed by atoms with Crippen molar-refractivity contribution in [3.63, 3.8) is 0 Å². The van der Waals surface area contributed by atoms with Gasteiger partial charge in [-0.15, -0.1) is 0 Å². The molecule has 5 heteroatoms. The van der Waals surface area contributed by atoms with E-state index in [1.807, 2.05) is 13.0 Å². The first-order valence-corrected chi connectivity index (χ1v) is 8.57. The van der Waals surface area contributed by atoms with E-state index in [4.69, 9.17) is 4.74 Å². The highest BCUT2D eigenvalue weighted by Gasteiger charge is 2.12. The van der Waals surface area contributed by atoms with Crippen LogP contribution in [0, 0.1) is 0 Å². The lowest BCUT2D eigenvalue weighted by molar-refractivity contribution is 0.0955. The average molecular weight is 340 g/mol. The zero-order valence-electron chi connectivity index (χ0n) is 14.7. The van der Waals surface area contributed by atoms with Gasteiger partial charge in [-0.25, -0.2) is 0 Å². The van der Waals surface area contributed by atoms with Crippen LogP contribution in [0.25, 0.3) is 0 Å². The number of hydrogen-bond acceptors (Lipinski definition) is 3. The number of rotatable bonds is 8. The Labute approximate surface area is 148 Å². The Morgan fingerprint density at radius 2 is 1.68 bits per heavy atom. The molecule has 2 N–H and O–H groups in total. The van der Waals surface area contributed by atoms with E-state index in [-0.39, 0.29) is 11.8 Å². The molecule has 25 heavy (non-hydrogen) atoms. The molecule has 2 rings (SSSR count). The highest BCUT2D eigenvalue weighted by molar-refractivity contribution is 6.06. The van der Waals surface area contributed by atoms with E-state index in [0.717, 1.165) is 12.8 Å². The van der Waals surface area contributed by atoms with Gasteiger partial charge in [0.1, 0.15) is 5.75 Å². The fourth-order valence-corrected chi connectivity index (χ4v) is 2.27. The quantitative estimate of drug-likeness (QED) is 0.717. The van der Waals surface area contributed by atoms with E-state index in [0.29, 0.717) is 35.7 Å². The van der Waals surface area contributed by atoms with Crippen molar-refractivity contribution in [1.29, 1.82) is 0 Å². The van der Waals surface area contributed by atoms with Gasteiger partial charge in [0, 0.05) is 17.8 Å². The van der Waals surface area contributed by atoms with Crippen molar-refractivity contribution < 1.29 is 14.3 Å². The van der Waals surface area contributed by atoms with Crippen LogP contribution in [0.1, 0.15) is 47.4 Å². The van der Waals surface area contributed by atoms with E-state index in [1.54, 1.807) is 42.5 Å². The summed E-state index contributed by atoms with van der Waals surface area (Å²) in [4.78, 5) is 24.3. The number of benzene rings is 2. The van der Waals surface area contributed by atoms with Gasteiger partial charge in [-0.2, -0.15) is 0 Å². The van der Waals surface area contributed by atoms with Crippen LogP contribution in [-0.4, -0.2) is 25.0 Å². The van der Waals surface area contributed by atoms with Gasteiger partial charge >= 0.3 is 0 Å². The summed E-state index contributed by atoms with van der Waals surface area (Å²) < 4.78 is 5.70. The highest BCUT2D eigenvalue weighted by atomic mass is 16.5. The summed E-state index contributed by atoms with van der Waals surface area (Å²) in [6.45, 7) is 5.12. The van der Waals surface area contributed by atoms with Crippen LogP contribution >= 0.6 is 0 Å². The molecule has 0 bridgehead atoms. The van der Waals surface area contributed by atoms with E-state index < -0.39 is 0 Å². The number of amides is 2. The van der Waals surface area contributed by atoms with Crippen molar-refractivity contribution >= 4 is 17.5 Å². The first-order chi connectivity index (χ1) is 12.2. The molecule has 0 fully saturated rings. The summed E-state index contributed by atoms with van der Waals surface area (Å²) in [5.74, 6) is 0.209. The lowest BCUT2D eigenvalue weighted by Gasteiger charge is -2.11. The fraction of sp³-hybridized carbons (Fsp3) is 0.300. The number of carbonyl (C=O) groups excluding carboxylic acids is 2. The summed E-state index contributed by atoms with van der Waals surface area (Å²) >= 11 is 0. The lowest BCUT2D eigenvalue weighted by atomic mass is 10.1. The smallest absolute Gasteiger partial charge is 0.259 e. The first-order valence-electron chi connectivity index (χ1n) is 8.57. The minimum atomic E-state index is -0.238. The van der Waals surface area contributed by atoms with Crippen molar-refractivity contribution in [2.45, 2.75) is 26.7 Å². The molecule has 0 aliphatic carbocycles. The van der Waals surface area contributed by atoms with E-state index in [1.165, 1.54) is 0 Å². The van der Waals surface area contributed by atoms with Crippen molar-refractivity contribution in [2.75, 3.05) is 18.5 Å². The topological polar surface area (TPSA) is 67.4 Å². The number of unbranched alkanes of at least 4 members (excludes halogenated alkanes) is 1. The van der Waals surface area contributed by atoms with Crippen molar-refractivity contribution in [1.82, 2.24) is 5.32 Å². The third-order valence-corrected chi connectivity index (χ3v) is 3.63. The molecule has 2 aromatic rings. The second kappa shape index (κ2) is 9.47. The van der Waals surface area contributed by atoms with Crippen LogP contribution in [0.4, 0.5) is 5.69 Å². The van der Waals surface area contributed by atoms with E-state index in [2.05, 4.69) is 17.6 Å². The number of ether oxygens (including phenoxy) is 1. The van der Waals surface area contributed by atoms with Crippen molar-refractivity contribution in [3.05, 3.63) is 59.7 Å². The zero-order valence-corrected chi connectivity index (χ0v) is 14.7. The van der Waals surface area contributed by atoms with Gasteiger partial charge in [-0.3, -0.25) is 9.59 Å². The summed E-state index contributed by atoms with van der Waals surface area (Å²) in [6, 6.07) is 14.0. The van der Waals surface area contributed by atoms with Gasteiger partial charge in [0.25, 0.3) is 11.8 Å². The van der Waals surface area contributed by atoms with Crippen LogP contribution in [0.15, 0.2) is 48.5 Å². The number of anilines is 1. The molecule has 0 spiro atoms. The molecule has 0 radical (unpaired) electrons. The molecule has 5 nitrogen and oxygen atoms in total. The second-order valence-electron chi connectivity index (χ2n) is 5.59. The van der Waals surface area contributed by atoms with Crippen LogP contribution in [-0.2, 0) is 0 Å². The van der Waals surface area contributed by atoms with Crippen LogP contribution in [0.3, 0.4) is 0 Å². The maximum atomic E-state index is 12.5. The maximum Gasteiger partial charge on any atom is 0.259 e. The molecule has 0 saturated heterocycles. The number of carbonyl (C=O) groups is 2. The predicted molar refractivity (Wildman–Crippen MR) is 99.2 cm³/mol. The normalized spacial score (nSPS) is 10.2. The molecule has 0 aliphatic rings. The summed E-state index contributed by atoms with van der Waals surface area (Å²) in [6.07, 6.45) is 1.98. The SMILES string of the molecule is CCCCOc1ccccc1C(=O)Nc1ccc(C(=O)NCC)cc1. The minimum Gasteiger partial charge on any atom is -0.493 e. The van der Waals surface area contributed by atoms with Crippen LogP contribution < -0.4 is 15.4 Å². The molecule has 0 atom stereocenters. The average Bonchev–Trinajstić information content (AvgIpc) is 2.63.